The number of rotatable bonds is 3. The maximum absolute atomic E-state index is 7.99. The van der Waals surface area contributed by atoms with Crippen LogP contribution in [0.15, 0.2) is 5.11 Å². The van der Waals surface area contributed by atoms with E-state index in [-0.39, 0.29) is 6.04 Å². The van der Waals surface area contributed by atoms with Gasteiger partial charge < -0.3 is 4.90 Å². The largest absolute Gasteiger partial charge is 0.309 e. The van der Waals surface area contributed by atoms with Crippen LogP contribution < -0.4 is 0 Å². The maximum atomic E-state index is 7.99. The lowest BCUT2D eigenvalue weighted by molar-refractivity contribution is 0.382. The van der Waals surface area contributed by atoms with E-state index in [2.05, 4.69) is 10.0 Å². The van der Waals surface area contributed by atoms with Crippen LogP contribution in [0, 0.1) is 0 Å². The smallest absolute Gasteiger partial charge is 0.0472 e. The van der Waals surface area contributed by atoms with Crippen LogP contribution in [-0.2, 0) is 0 Å². The Kier molecular flexibility index (Phi) is 3.84. The first-order valence-electron chi connectivity index (χ1n) is 2.85. The summed E-state index contributed by atoms with van der Waals surface area (Å²) in [5.74, 6) is 0. The number of likely N-dealkylation sites (N-methyl/N-ethyl adjacent to an activating group) is 1. The van der Waals surface area contributed by atoms with Crippen molar-refractivity contribution >= 4 is 0 Å². The molecule has 0 radical (unpaired) electrons. The van der Waals surface area contributed by atoms with E-state index in [9.17, 15) is 0 Å². The summed E-state index contributed by atoms with van der Waals surface area (Å²) in [5, 5.41) is 3.50. The lowest BCUT2D eigenvalue weighted by atomic mass is 10.3. The fourth-order valence-electron chi connectivity index (χ4n) is 0.653. The molecule has 4 nitrogen and oxygen atoms in total. The van der Waals surface area contributed by atoms with E-state index in [1.807, 2.05) is 25.9 Å². The van der Waals surface area contributed by atoms with E-state index in [0.717, 1.165) is 6.54 Å². The second-order valence-corrected chi connectivity index (χ2v) is 2.32. The van der Waals surface area contributed by atoms with Crippen LogP contribution in [-0.4, -0.2) is 31.6 Å². The second kappa shape index (κ2) is 4.18. The van der Waals surface area contributed by atoms with Gasteiger partial charge in [-0.25, -0.2) is 0 Å². The minimum atomic E-state index is 0.0741. The summed E-state index contributed by atoms with van der Waals surface area (Å²) >= 11 is 0. The van der Waals surface area contributed by atoms with Crippen LogP contribution in [0.2, 0.25) is 0 Å². The van der Waals surface area contributed by atoms with E-state index in [0.29, 0.717) is 0 Å². The summed E-state index contributed by atoms with van der Waals surface area (Å²) in [6.07, 6.45) is 0. The van der Waals surface area contributed by atoms with Gasteiger partial charge in [-0.2, -0.15) is 0 Å². The van der Waals surface area contributed by atoms with E-state index in [1.165, 1.54) is 0 Å². The van der Waals surface area contributed by atoms with Gasteiger partial charge in [-0.05, 0) is 19.6 Å². The summed E-state index contributed by atoms with van der Waals surface area (Å²) in [7, 11) is 3.90. The Morgan fingerprint density at radius 2 is 2.22 bits per heavy atom. The van der Waals surface area contributed by atoms with Gasteiger partial charge in [-0.3, -0.25) is 0 Å². The van der Waals surface area contributed by atoms with Crippen molar-refractivity contribution in [2.75, 3.05) is 20.6 Å². The summed E-state index contributed by atoms with van der Waals surface area (Å²) in [6, 6.07) is 0.0741. The van der Waals surface area contributed by atoms with Crippen molar-refractivity contribution in [2.24, 2.45) is 5.11 Å². The minimum Gasteiger partial charge on any atom is -0.309 e. The molecule has 1 unspecified atom stereocenters. The van der Waals surface area contributed by atoms with Gasteiger partial charge in [0.15, 0.2) is 0 Å². The normalized spacial score (nSPS) is 12.9. The van der Waals surface area contributed by atoms with Crippen LogP contribution in [0.25, 0.3) is 10.4 Å². The summed E-state index contributed by atoms with van der Waals surface area (Å²) < 4.78 is 0. The Hall–Kier alpha value is -0.730. The fourth-order valence-corrected chi connectivity index (χ4v) is 0.653. The molecule has 9 heavy (non-hydrogen) atoms. The third-order valence-corrected chi connectivity index (χ3v) is 0.878. The van der Waals surface area contributed by atoms with E-state index >= 15 is 0 Å². The van der Waals surface area contributed by atoms with Gasteiger partial charge in [-0.1, -0.05) is 12.0 Å². The molecule has 0 N–H and O–H groups in total. The molecule has 0 fully saturated rings. The van der Waals surface area contributed by atoms with Crippen molar-refractivity contribution < 1.29 is 0 Å². The molecule has 0 heterocycles. The molecule has 4 heteroatoms. The molecule has 0 saturated carbocycles. The monoisotopic (exact) mass is 128 g/mol. The average molecular weight is 128 g/mol. The molecular formula is C5H12N4. The molecule has 0 aromatic rings. The molecule has 0 saturated heterocycles. The highest BCUT2D eigenvalue weighted by Crippen LogP contribution is 1.90. The molecule has 0 aromatic carbocycles. The topological polar surface area (TPSA) is 52.0 Å². The minimum absolute atomic E-state index is 0.0741. The van der Waals surface area contributed by atoms with Crippen molar-refractivity contribution in [2.45, 2.75) is 13.0 Å². The van der Waals surface area contributed by atoms with Gasteiger partial charge in [-0.15, -0.1) is 0 Å². The highest BCUT2D eigenvalue weighted by Gasteiger charge is 1.97. The zero-order valence-electron chi connectivity index (χ0n) is 6.07. The van der Waals surface area contributed by atoms with Gasteiger partial charge in [0.05, 0.1) is 0 Å². The zero-order chi connectivity index (χ0) is 7.28. The molecule has 0 rings (SSSR count). The molecule has 1 atom stereocenters. The molecule has 0 aliphatic rings. The van der Waals surface area contributed by atoms with Crippen molar-refractivity contribution in [3.63, 3.8) is 0 Å². The number of nitrogens with zero attached hydrogens (tertiary/aromatic N) is 4. The van der Waals surface area contributed by atoms with Crippen LogP contribution >= 0.6 is 0 Å². The third kappa shape index (κ3) is 5.14. The van der Waals surface area contributed by atoms with Gasteiger partial charge in [0.2, 0.25) is 0 Å². The summed E-state index contributed by atoms with van der Waals surface area (Å²) in [5.41, 5.74) is 7.99. The summed E-state index contributed by atoms with van der Waals surface area (Å²) in [4.78, 5) is 4.67. The van der Waals surface area contributed by atoms with Crippen molar-refractivity contribution in [3.05, 3.63) is 10.4 Å². The zero-order valence-corrected chi connectivity index (χ0v) is 6.07. The van der Waals surface area contributed by atoms with Crippen LogP contribution in [0.3, 0.4) is 0 Å². The Morgan fingerprint density at radius 1 is 1.67 bits per heavy atom. The first-order valence-corrected chi connectivity index (χ1v) is 2.85. The van der Waals surface area contributed by atoms with Gasteiger partial charge in [0.25, 0.3) is 0 Å². The second-order valence-electron chi connectivity index (χ2n) is 2.32. The van der Waals surface area contributed by atoms with Gasteiger partial charge in [0.1, 0.15) is 0 Å². The molecule has 0 aliphatic carbocycles. The SMILES string of the molecule is CC(CN(C)C)N=[N+]=[N-]. The van der Waals surface area contributed by atoms with Crippen LogP contribution in [0.5, 0.6) is 0 Å². The average Bonchev–Trinajstić information content (AvgIpc) is 1.63. The predicted octanol–water partition coefficient (Wildman–Crippen LogP) is 1.25. The molecule has 0 amide bonds. The third-order valence-electron chi connectivity index (χ3n) is 0.878. The Labute approximate surface area is 55.1 Å². The number of hydrogen-bond acceptors (Lipinski definition) is 2. The molecule has 0 aromatic heterocycles. The Morgan fingerprint density at radius 3 is 2.56 bits per heavy atom. The van der Waals surface area contributed by atoms with Crippen molar-refractivity contribution in [3.8, 4) is 0 Å². The lowest BCUT2D eigenvalue weighted by Crippen LogP contribution is -2.21. The van der Waals surface area contributed by atoms with Crippen LogP contribution in [0.4, 0.5) is 0 Å². The highest BCUT2D eigenvalue weighted by molar-refractivity contribution is 4.62. The Balaban J connectivity index is 3.49. The van der Waals surface area contributed by atoms with E-state index in [1.54, 1.807) is 0 Å². The maximum Gasteiger partial charge on any atom is 0.0472 e. The van der Waals surface area contributed by atoms with Gasteiger partial charge >= 0.3 is 0 Å². The molecule has 52 valence electrons. The molecule has 0 aliphatic heterocycles. The first kappa shape index (κ1) is 8.27. The quantitative estimate of drug-likeness (QED) is 0.320. The first-order chi connectivity index (χ1) is 4.16. The molecule has 0 spiro atoms. The summed E-state index contributed by atoms with van der Waals surface area (Å²) in [6.45, 7) is 2.70. The van der Waals surface area contributed by atoms with E-state index in [4.69, 9.17) is 5.53 Å². The highest BCUT2D eigenvalue weighted by atomic mass is 15.2. The number of hydrogen-bond donors (Lipinski definition) is 0. The van der Waals surface area contributed by atoms with Gasteiger partial charge in [0, 0.05) is 17.5 Å². The van der Waals surface area contributed by atoms with E-state index < -0.39 is 0 Å². The number of azide groups is 1. The molecular weight excluding hydrogens is 116 g/mol. The lowest BCUT2D eigenvalue weighted by Gasteiger charge is -2.10. The fraction of sp³-hybridized carbons (Fsp3) is 1.00. The standard InChI is InChI=1S/C5H12N4/c1-5(7-8-6)4-9(2)3/h5H,4H2,1-3H3. The predicted molar refractivity (Wildman–Crippen MR) is 37.2 cm³/mol. The van der Waals surface area contributed by atoms with Crippen LogP contribution in [0.1, 0.15) is 6.92 Å². The molecule has 0 bridgehead atoms. The van der Waals surface area contributed by atoms with Crippen molar-refractivity contribution in [1.82, 2.24) is 4.90 Å². The van der Waals surface area contributed by atoms with Crippen molar-refractivity contribution in [1.29, 1.82) is 0 Å². The Bertz CT molecular complexity index is 114.